The molecular weight excluding hydrogens is 358 g/mol. The van der Waals surface area contributed by atoms with Crippen LogP contribution in [0.15, 0.2) is 54.6 Å². The quantitative estimate of drug-likeness (QED) is 0.622. The van der Waals surface area contributed by atoms with Crippen molar-refractivity contribution in [2.45, 2.75) is 26.2 Å². The van der Waals surface area contributed by atoms with Gasteiger partial charge in [-0.15, -0.1) is 0 Å². The highest BCUT2D eigenvalue weighted by Crippen LogP contribution is 2.25. The van der Waals surface area contributed by atoms with Gasteiger partial charge in [0.1, 0.15) is 12.4 Å². The van der Waals surface area contributed by atoms with Crippen molar-refractivity contribution in [3.8, 4) is 5.75 Å². The fourth-order valence-corrected chi connectivity index (χ4v) is 4.24. The van der Waals surface area contributed by atoms with Gasteiger partial charge in [-0.05, 0) is 87.2 Å². The number of hydrogen-bond acceptors (Lipinski definition) is 4. The van der Waals surface area contributed by atoms with Crippen molar-refractivity contribution in [1.29, 1.82) is 0 Å². The molecule has 2 heterocycles. The van der Waals surface area contributed by atoms with Crippen molar-refractivity contribution in [2.75, 3.05) is 38.6 Å². The number of ether oxygens (including phenoxy) is 1. The largest absolute Gasteiger partial charge is 0.492 e. The molecule has 0 spiro atoms. The van der Waals surface area contributed by atoms with Crippen LogP contribution >= 0.6 is 0 Å². The van der Waals surface area contributed by atoms with E-state index in [9.17, 15) is 0 Å². The normalized spacial score (nSPS) is 15.5. The van der Waals surface area contributed by atoms with E-state index in [4.69, 9.17) is 4.74 Å². The van der Waals surface area contributed by atoms with Crippen LogP contribution in [0.25, 0.3) is 10.9 Å². The lowest BCUT2D eigenvalue weighted by Crippen LogP contribution is -2.37. The van der Waals surface area contributed by atoms with Crippen molar-refractivity contribution in [1.82, 2.24) is 9.88 Å². The first-order valence-corrected chi connectivity index (χ1v) is 10.7. The number of nitrogens with zero attached hydrogens (tertiary/aromatic N) is 2. The summed E-state index contributed by atoms with van der Waals surface area (Å²) in [5.41, 5.74) is 4.69. The smallest absolute Gasteiger partial charge is 0.128 e. The summed E-state index contributed by atoms with van der Waals surface area (Å²) in [6.07, 6.45) is 3.71. The SMILES string of the molecule is CNc1cccc(CC2CCN(CCOc3cccc4nc(C)ccc34)CC2)c1. The molecule has 0 atom stereocenters. The number of rotatable bonds is 7. The van der Waals surface area contributed by atoms with Crippen LogP contribution in [-0.2, 0) is 6.42 Å². The molecule has 29 heavy (non-hydrogen) atoms. The number of fused-ring (bicyclic) bond motifs is 1. The van der Waals surface area contributed by atoms with Crippen LogP contribution in [0.4, 0.5) is 5.69 Å². The molecule has 4 rings (SSSR count). The van der Waals surface area contributed by atoms with E-state index in [0.29, 0.717) is 0 Å². The van der Waals surface area contributed by atoms with Crippen LogP contribution in [0, 0.1) is 12.8 Å². The van der Waals surface area contributed by atoms with Gasteiger partial charge in [-0.3, -0.25) is 9.88 Å². The molecule has 1 saturated heterocycles. The van der Waals surface area contributed by atoms with Crippen LogP contribution < -0.4 is 10.1 Å². The molecule has 4 nitrogen and oxygen atoms in total. The van der Waals surface area contributed by atoms with E-state index in [1.165, 1.54) is 30.5 Å². The molecule has 0 bridgehead atoms. The summed E-state index contributed by atoms with van der Waals surface area (Å²) >= 11 is 0. The zero-order valence-electron chi connectivity index (χ0n) is 17.5. The number of benzene rings is 2. The zero-order chi connectivity index (χ0) is 20.1. The molecule has 1 aliphatic heterocycles. The Morgan fingerprint density at radius 3 is 2.72 bits per heavy atom. The van der Waals surface area contributed by atoms with Gasteiger partial charge in [0.05, 0.1) is 5.52 Å². The number of pyridine rings is 1. The van der Waals surface area contributed by atoms with Gasteiger partial charge in [0.15, 0.2) is 0 Å². The van der Waals surface area contributed by atoms with Crippen molar-refractivity contribution in [3.05, 3.63) is 65.9 Å². The van der Waals surface area contributed by atoms with Gasteiger partial charge in [-0.2, -0.15) is 0 Å². The predicted molar refractivity (Wildman–Crippen MR) is 121 cm³/mol. The van der Waals surface area contributed by atoms with E-state index in [1.807, 2.05) is 38.2 Å². The van der Waals surface area contributed by atoms with E-state index in [0.717, 1.165) is 54.5 Å². The van der Waals surface area contributed by atoms with E-state index < -0.39 is 0 Å². The number of aryl methyl sites for hydroxylation is 1. The highest BCUT2D eigenvalue weighted by molar-refractivity contribution is 5.85. The lowest BCUT2D eigenvalue weighted by molar-refractivity contribution is 0.155. The van der Waals surface area contributed by atoms with E-state index >= 15 is 0 Å². The highest BCUT2D eigenvalue weighted by Gasteiger charge is 2.19. The van der Waals surface area contributed by atoms with E-state index in [2.05, 4.69) is 45.5 Å². The first kappa shape index (κ1) is 19.7. The van der Waals surface area contributed by atoms with Crippen LogP contribution in [0.5, 0.6) is 5.75 Å². The lowest BCUT2D eigenvalue weighted by atomic mass is 9.90. The molecular formula is C25H31N3O. The van der Waals surface area contributed by atoms with Gasteiger partial charge in [-0.1, -0.05) is 18.2 Å². The molecule has 152 valence electrons. The summed E-state index contributed by atoms with van der Waals surface area (Å²) in [7, 11) is 1.98. The predicted octanol–water partition coefficient (Wildman–Crippen LogP) is 4.92. The Morgan fingerprint density at radius 2 is 1.90 bits per heavy atom. The third kappa shape index (κ3) is 5.07. The minimum atomic E-state index is 0.724. The van der Waals surface area contributed by atoms with Gasteiger partial charge in [0.25, 0.3) is 0 Å². The molecule has 0 radical (unpaired) electrons. The second-order valence-electron chi connectivity index (χ2n) is 8.06. The number of hydrogen-bond donors (Lipinski definition) is 1. The van der Waals surface area contributed by atoms with Crippen molar-refractivity contribution >= 4 is 16.6 Å². The summed E-state index contributed by atoms with van der Waals surface area (Å²) in [6, 6.07) is 19.1. The molecule has 0 unspecified atom stereocenters. The molecule has 0 saturated carbocycles. The third-order valence-corrected chi connectivity index (χ3v) is 5.94. The summed E-state index contributed by atoms with van der Waals surface area (Å²) in [4.78, 5) is 7.13. The number of nitrogens with one attached hydrogen (secondary N) is 1. The minimum Gasteiger partial charge on any atom is -0.492 e. The fraction of sp³-hybridized carbons (Fsp3) is 0.400. The van der Waals surface area contributed by atoms with Crippen LogP contribution in [0.3, 0.4) is 0 Å². The van der Waals surface area contributed by atoms with Gasteiger partial charge in [-0.25, -0.2) is 0 Å². The van der Waals surface area contributed by atoms with Crippen molar-refractivity contribution < 1.29 is 4.74 Å². The minimum absolute atomic E-state index is 0.724. The van der Waals surface area contributed by atoms with Gasteiger partial charge >= 0.3 is 0 Å². The van der Waals surface area contributed by atoms with E-state index in [1.54, 1.807) is 0 Å². The molecule has 0 amide bonds. The Bertz CT molecular complexity index is 948. The molecule has 4 heteroatoms. The van der Waals surface area contributed by atoms with Crippen LogP contribution in [0.2, 0.25) is 0 Å². The topological polar surface area (TPSA) is 37.4 Å². The van der Waals surface area contributed by atoms with Crippen LogP contribution in [0.1, 0.15) is 24.1 Å². The molecule has 2 aromatic carbocycles. The number of anilines is 1. The summed E-state index contributed by atoms with van der Waals surface area (Å²) < 4.78 is 6.12. The van der Waals surface area contributed by atoms with Crippen molar-refractivity contribution in [3.63, 3.8) is 0 Å². The number of likely N-dealkylation sites (tertiary alicyclic amines) is 1. The molecule has 1 aliphatic rings. The second kappa shape index (κ2) is 9.27. The molecule has 0 aliphatic carbocycles. The first-order valence-electron chi connectivity index (χ1n) is 10.7. The number of piperidine rings is 1. The third-order valence-electron chi connectivity index (χ3n) is 5.94. The average Bonchev–Trinajstić information content (AvgIpc) is 2.75. The standard InChI is InChI=1S/C25H31N3O/c1-19-9-10-23-24(27-19)7-4-8-25(23)29-16-15-28-13-11-20(12-14-28)17-21-5-3-6-22(18-21)26-2/h3-10,18,20,26H,11-17H2,1-2H3. The highest BCUT2D eigenvalue weighted by atomic mass is 16.5. The Balaban J connectivity index is 1.24. The second-order valence-corrected chi connectivity index (χ2v) is 8.06. The van der Waals surface area contributed by atoms with Gasteiger partial charge in [0.2, 0.25) is 0 Å². The van der Waals surface area contributed by atoms with Crippen LogP contribution in [-0.4, -0.2) is 43.2 Å². The Kier molecular flexibility index (Phi) is 6.30. The Morgan fingerprint density at radius 1 is 1.07 bits per heavy atom. The fourth-order valence-electron chi connectivity index (χ4n) is 4.24. The van der Waals surface area contributed by atoms with Gasteiger partial charge in [0, 0.05) is 30.4 Å². The molecule has 3 aromatic rings. The van der Waals surface area contributed by atoms with E-state index in [-0.39, 0.29) is 0 Å². The molecule has 1 aromatic heterocycles. The monoisotopic (exact) mass is 389 g/mol. The molecule has 1 fully saturated rings. The summed E-state index contributed by atoms with van der Waals surface area (Å²) in [5, 5.41) is 4.33. The maximum absolute atomic E-state index is 6.12. The first-order chi connectivity index (χ1) is 14.2. The van der Waals surface area contributed by atoms with Crippen molar-refractivity contribution in [2.24, 2.45) is 5.92 Å². The Labute approximate surface area is 173 Å². The maximum Gasteiger partial charge on any atom is 0.128 e. The number of aromatic nitrogens is 1. The summed E-state index contributed by atoms with van der Waals surface area (Å²) in [5.74, 6) is 1.72. The Hall–Kier alpha value is -2.59. The summed E-state index contributed by atoms with van der Waals surface area (Å²) in [6.45, 7) is 6.06. The van der Waals surface area contributed by atoms with Gasteiger partial charge < -0.3 is 10.1 Å². The lowest BCUT2D eigenvalue weighted by Gasteiger charge is -2.32. The zero-order valence-corrected chi connectivity index (χ0v) is 17.5. The maximum atomic E-state index is 6.12. The average molecular weight is 390 g/mol. The molecule has 1 N–H and O–H groups in total.